The molecule has 0 aliphatic heterocycles. The summed E-state index contributed by atoms with van der Waals surface area (Å²) in [5.74, 6) is -5.17. The van der Waals surface area contributed by atoms with E-state index >= 15 is 0 Å². The number of nitrogens with zero attached hydrogens (tertiary/aromatic N) is 1. The van der Waals surface area contributed by atoms with E-state index in [2.05, 4.69) is 10.3 Å². The van der Waals surface area contributed by atoms with E-state index in [1.807, 2.05) is 0 Å². The summed E-state index contributed by atoms with van der Waals surface area (Å²) in [6.45, 7) is -0.665. The van der Waals surface area contributed by atoms with Gasteiger partial charge in [-0.05, 0) is 30.3 Å². The van der Waals surface area contributed by atoms with Crippen LogP contribution in [0.1, 0.15) is 10.5 Å². The maximum absolute atomic E-state index is 13.8. The molecule has 0 aliphatic carbocycles. The normalized spacial score (nSPS) is 10.6. The smallest absolute Gasteiger partial charge is 0.322 e. The molecule has 3 rings (SSSR count). The topological polar surface area (TPSA) is 118 Å². The Bertz CT molecular complexity index is 1100. The van der Waals surface area contributed by atoms with E-state index in [9.17, 15) is 23.5 Å². The Balaban J connectivity index is 2.04. The van der Waals surface area contributed by atoms with Crippen molar-refractivity contribution in [1.29, 1.82) is 0 Å². The molecular formula is C19H14F2N2O6. The largest absolute Gasteiger partial charge is 0.505 e. The van der Waals surface area contributed by atoms with Gasteiger partial charge in [0.15, 0.2) is 28.8 Å². The fourth-order valence-corrected chi connectivity index (χ4v) is 2.56. The minimum absolute atomic E-state index is 0.0316. The van der Waals surface area contributed by atoms with Gasteiger partial charge in [-0.3, -0.25) is 9.59 Å². The molecule has 3 aromatic rings. The molecule has 0 fully saturated rings. The fraction of sp³-hybridized carbons (Fsp3) is 0.105. The number of carbonyl (C=O) groups excluding carboxylic acids is 1. The maximum atomic E-state index is 13.8. The van der Waals surface area contributed by atoms with Crippen molar-refractivity contribution in [2.75, 3.05) is 13.7 Å². The highest BCUT2D eigenvalue weighted by Gasteiger charge is 2.21. The van der Waals surface area contributed by atoms with Gasteiger partial charge in [-0.2, -0.15) is 0 Å². The van der Waals surface area contributed by atoms with E-state index in [0.717, 1.165) is 12.1 Å². The zero-order chi connectivity index (χ0) is 21.1. The number of aromatic nitrogens is 1. The van der Waals surface area contributed by atoms with E-state index in [1.165, 1.54) is 31.4 Å². The maximum Gasteiger partial charge on any atom is 0.322 e. The van der Waals surface area contributed by atoms with Gasteiger partial charge >= 0.3 is 5.97 Å². The molecule has 1 amide bonds. The molecule has 0 saturated heterocycles. The zero-order valence-corrected chi connectivity index (χ0v) is 14.9. The highest BCUT2D eigenvalue weighted by Crippen LogP contribution is 2.37. The molecule has 8 nitrogen and oxygen atoms in total. The van der Waals surface area contributed by atoms with Crippen molar-refractivity contribution in [2.45, 2.75) is 0 Å². The second-order valence-corrected chi connectivity index (χ2v) is 5.75. The van der Waals surface area contributed by atoms with Crippen LogP contribution in [0, 0.1) is 11.6 Å². The van der Waals surface area contributed by atoms with E-state index in [0.29, 0.717) is 0 Å². The van der Waals surface area contributed by atoms with E-state index in [1.54, 1.807) is 0 Å². The number of ether oxygens (including phenoxy) is 2. The lowest BCUT2D eigenvalue weighted by Crippen LogP contribution is -2.30. The van der Waals surface area contributed by atoms with Gasteiger partial charge in [0.05, 0.1) is 12.5 Å². The van der Waals surface area contributed by atoms with Crippen LogP contribution in [-0.2, 0) is 4.79 Å². The number of aliphatic carboxylic acids is 1. The lowest BCUT2D eigenvalue weighted by molar-refractivity contribution is -0.135. The van der Waals surface area contributed by atoms with Crippen LogP contribution in [0.15, 0.2) is 36.4 Å². The number of rotatable bonds is 6. The molecule has 2 aromatic carbocycles. The SMILES string of the molecule is COc1nc(C(=O)NCC(=O)O)c(O)c2ccc(Oc3c(F)cccc3F)cc12. The van der Waals surface area contributed by atoms with Gasteiger partial charge < -0.3 is 25.0 Å². The minimum Gasteiger partial charge on any atom is -0.505 e. The highest BCUT2D eigenvalue weighted by molar-refractivity contribution is 6.04. The third kappa shape index (κ3) is 4.00. The number of aromatic hydroxyl groups is 1. The van der Waals surface area contributed by atoms with Crippen LogP contribution in [-0.4, -0.2) is 40.7 Å². The Labute approximate surface area is 162 Å². The summed E-state index contributed by atoms with van der Waals surface area (Å²) in [5.41, 5.74) is -0.440. The molecule has 0 aliphatic rings. The Hall–Kier alpha value is -3.95. The van der Waals surface area contributed by atoms with E-state index in [-0.39, 0.29) is 22.4 Å². The average Bonchev–Trinajstić information content (AvgIpc) is 2.69. The number of carbonyl (C=O) groups is 2. The van der Waals surface area contributed by atoms with Crippen LogP contribution in [0.5, 0.6) is 23.1 Å². The van der Waals surface area contributed by atoms with E-state index < -0.39 is 47.2 Å². The van der Waals surface area contributed by atoms with Gasteiger partial charge in [0.2, 0.25) is 5.88 Å². The molecule has 1 aromatic heterocycles. The average molecular weight is 404 g/mol. The van der Waals surface area contributed by atoms with Gasteiger partial charge in [-0.1, -0.05) is 6.07 Å². The summed E-state index contributed by atoms with van der Waals surface area (Å²) >= 11 is 0. The third-order valence-corrected chi connectivity index (χ3v) is 3.86. The Morgan fingerprint density at radius 1 is 1.14 bits per heavy atom. The standard InChI is InChI=1S/C19H14F2N2O6/c1-28-19-11-7-9(29-17-12(20)3-2-4-13(17)21)5-6-10(11)16(26)15(23-19)18(27)22-8-14(24)25/h2-7,26H,8H2,1H3,(H,22,27)(H,24,25). The number of hydrogen-bond acceptors (Lipinski definition) is 6. The number of amides is 1. The van der Waals surface area contributed by atoms with Crippen LogP contribution in [0.4, 0.5) is 8.78 Å². The lowest BCUT2D eigenvalue weighted by atomic mass is 10.1. The summed E-state index contributed by atoms with van der Waals surface area (Å²) in [6.07, 6.45) is 0. The predicted octanol–water partition coefficient (Wildman–Crippen LogP) is 2.83. The summed E-state index contributed by atoms with van der Waals surface area (Å²) in [5, 5.41) is 21.5. The predicted molar refractivity (Wildman–Crippen MR) is 96.4 cm³/mol. The van der Waals surface area contributed by atoms with Crippen molar-refractivity contribution in [3.05, 3.63) is 53.7 Å². The number of hydrogen-bond donors (Lipinski definition) is 3. The monoisotopic (exact) mass is 404 g/mol. The molecule has 10 heteroatoms. The number of carboxylic acid groups (broad SMARTS) is 1. The Kier molecular flexibility index (Phi) is 5.44. The van der Waals surface area contributed by atoms with Gasteiger partial charge in [0, 0.05) is 5.39 Å². The Morgan fingerprint density at radius 2 is 1.83 bits per heavy atom. The minimum atomic E-state index is -1.27. The van der Waals surface area contributed by atoms with Crippen molar-refractivity contribution in [1.82, 2.24) is 10.3 Å². The van der Waals surface area contributed by atoms with Gasteiger partial charge in [-0.15, -0.1) is 0 Å². The first-order chi connectivity index (χ1) is 13.8. The number of benzene rings is 2. The molecule has 150 valence electrons. The van der Waals surface area contributed by atoms with Crippen molar-refractivity contribution in [3.63, 3.8) is 0 Å². The number of methoxy groups -OCH3 is 1. The first kappa shape index (κ1) is 19.8. The van der Waals surface area contributed by atoms with Crippen LogP contribution in [0.25, 0.3) is 10.8 Å². The molecular weight excluding hydrogens is 390 g/mol. The fourth-order valence-electron chi connectivity index (χ4n) is 2.56. The second kappa shape index (κ2) is 7.97. The van der Waals surface area contributed by atoms with Gasteiger partial charge in [-0.25, -0.2) is 13.8 Å². The number of carboxylic acids is 1. The molecule has 1 heterocycles. The number of fused-ring (bicyclic) bond motifs is 1. The number of halogens is 2. The van der Waals surface area contributed by atoms with Crippen molar-refractivity contribution in [3.8, 4) is 23.1 Å². The summed E-state index contributed by atoms with van der Waals surface area (Å²) in [7, 11) is 1.27. The quantitative estimate of drug-likeness (QED) is 0.578. The van der Waals surface area contributed by atoms with Gasteiger partial charge in [0.1, 0.15) is 12.3 Å². The molecule has 0 unspecified atom stereocenters. The Morgan fingerprint density at radius 3 is 2.45 bits per heavy atom. The first-order valence-electron chi connectivity index (χ1n) is 8.14. The molecule has 0 bridgehead atoms. The summed E-state index contributed by atoms with van der Waals surface area (Å²) in [4.78, 5) is 26.6. The molecule has 0 atom stereocenters. The highest BCUT2D eigenvalue weighted by atomic mass is 19.1. The molecule has 0 spiro atoms. The zero-order valence-electron chi connectivity index (χ0n) is 14.9. The summed E-state index contributed by atoms with van der Waals surface area (Å²) in [6, 6.07) is 7.26. The van der Waals surface area contributed by atoms with Crippen molar-refractivity contribution in [2.24, 2.45) is 0 Å². The third-order valence-electron chi connectivity index (χ3n) is 3.86. The van der Waals surface area contributed by atoms with Crippen molar-refractivity contribution >= 4 is 22.6 Å². The number of para-hydroxylation sites is 1. The number of nitrogens with one attached hydrogen (secondary N) is 1. The van der Waals surface area contributed by atoms with Crippen LogP contribution in [0.2, 0.25) is 0 Å². The molecule has 0 radical (unpaired) electrons. The van der Waals surface area contributed by atoms with Crippen LogP contribution in [0.3, 0.4) is 0 Å². The molecule has 3 N–H and O–H groups in total. The molecule has 0 saturated carbocycles. The van der Waals surface area contributed by atoms with Crippen LogP contribution < -0.4 is 14.8 Å². The number of pyridine rings is 1. The van der Waals surface area contributed by atoms with Crippen LogP contribution >= 0.6 is 0 Å². The van der Waals surface area contributed by atoms with Crippen molar-refractivity contribution < 1.29 is 38.1 Å². The van der Waals surface area contributed by atoms with E-state index in [4.69, 9.17) is 14.6 Å². The molecule has 29 heavy (non-hydrogen) atoms. The lowest BCUT2D eigenvalue weighted by Gasteiger charge is -2.13. The first-order valence-corrected chi connectivity index (χ1v) is 8.14. The van der Waals surface area contributed by atoms with Gasteiger partial charge in [0.25, 0.3) is 5.91 Å². The second-order valence-electron chi connectivity index (χ2n) is 5.75. The summed E-state index contributed by atoms with van der Waals surface area (Å²) < 4.78 is 38.0.